The van der Waals surface area contributed by atoms with E-state index in [0.29, 0.717) is 23.6 Å². The molecule has 2 N–H and O–H groups in total. The highest BCUT2D eigenvalue weighted by atomic mass is 32.1. The quantitative estimate of drug-likeness (QED) is 0.464. The molecule has 0 bridgehead atoms. The van der Waals surface area contributed by atoms with Gasteiger partial charge in [0.1, 0.15) is 23.1 Å². The Labute approximate surface area is 204 Å². The van der Waals surface area contributed by atoms with Crippen LogP contribution in [-0.4, -0.2) is 28.9 Å². The average Bonchev–Trinajstić information content (AvgIpc) is 3.33. The summed E-state index contributed by atoms with van der Waals surface area (Å²) in [6, 6.07) is 12.7. The highest BCUT2D eigenvalue weighted by molar-refractivity contribution is 7.09. The summed E-state index contributed by atoms with van der Waals surface area (Å²) in [6.07, 6.45) is -1.35. The van der Waals surface area contributed by atoms with E-state index in [4.69, 9.17) is 4.74 Å². The van der Waals surface area contributed by atoms with Crippen molar-refractivity contribution in [3.05, 3.63) is 81.8 Å². The Morgan fingerprint density at radius 1 is 0.943 bits per heavy atom. The predicted molar refractivity (Wildman–Crippen MR) is 125 cm³/mol. The van der Waals surface area contributed by atoms with Gasteiger partial charge < -0.3 is 15.4 Å². The zero-order valence-corrected chi connectivity index (χ0v) is 19.5. The number of alkyl halides is 3. The summed E-state index contributed by atoms with van der Waals surface area (Å²) in [4.78, 5) is 29.8. The van der Waals surface area contributed by atoms with Crippen LogP contribution in [0.5, 0.6) is 5.75 Å². The van der Waals surface area contributed by atoms with Crippen LogP contribution in [0.2, 0.25) is 0 Å². The Balaban J connectivity index is 1.34. The molecule has 0 spiro atoms. The van der Waals surface area contributed by atoms with Gasteiger partial charge in [0.2, 0.25) is 0 Å². The monoisotopic (exact) mass is 503 g/mol. The van der Waals surface area contributed by atoms with Crippen molar-refractivity contribution in [2.24, 2.45) is 0 Å². The van der Waals surface area contributed by atoms with Gasteiger partial charge in [-0.05, 0) is 49.2 Å². The number of carbonyl (C=O) groups excluding carboxylic acids is 2. The van der Waals surface area contributed by atoms with Gasteiger partial charge in [-0.3, -0.25) is 9.59 Å². The standard InChI is InChI=1S/C25H24F3N3O3S/c26-25(27,28)17-12-10-16(11-13-17)23(32)30-19-8-4-5-9-20(19)31-24(33)21-15-35-22(29-21)14-34-18-6-2-1-3-7-18/h1-3,6-7,10-13,15,19-20H,4-5,8-9,14H2,(H,30,32)(H,31,33)/t19-,20-/m0/s1. The number of ether oxygens (including phenoxy) is 1. The van der Waals surface area contributed by atoms with E-state index in [1.54, 1.807) is 5.38 Å². The molecular weight excluding hydrogens is 479 g/mol. The summed E-state index contributed by atoms with van der Waals surface area (Å²) in [6.45, 7) is 0.247. The van der Waals surface area contributed by atoms with Gasteiger partial charge in [-0.15, -0.1) is 11.3 Å². The third kappa shape index (κ3) is 6.60. The maximum absolute atomic E-state index is 12.8. The first-order chi connectivity index (χ1) is 16.8. The SMILES string of the molecule is O=C(N[C@H]1CCCC[C@@H]1NC(=O)c1csc(COc2ccccc2)n1)c1ccc(C(F)(F)F)cc1. The summed E-state index contributed by atoms with van der Waals surface area (Å²) in [7, 11) is 0. The first kappa shape index (κ1) is 24.7. The lowest BCUT2D eigenvalue weighted by Gasteiger charge is -2.32. The van der Waals surface area contributed by atoms with Crippen LogP contribution in [0, 0.1) is 0 Å². The number of halogens is 3. The first-order valence-corrected chi connectivity index (χ1v) is 12.1. The molecule has 3 aromatic rings. The Hall–Kier alpha value is -3.40. The van der Waals surface area contributed by atoms with Crippen LogP contribution < -0.4 is 15.4 Å². The summed E-state index contributed by atoms with van der Waals surface area (Å²) in [5.41, 5.74) is -0.398. The van der Waals surface area contributed by atoms with Gasteiger partial charge in [-0.1, -0.05) is 31.0 Å². The largest absolute Gasteiger partial charge is 0.486 e. The second kappa shape index (κ2) is 10.9. The fraction of sp³-hybridized carbons (Fsp3) is 0.320. The van der Waals surface area contributed by atoms with Crippen LogP contribution in [0.4, 0.5) is 13.2 Å². The Morgan fingerprint density at radius 2 is 1.57 bits per heavy atom. The van der Waals surface area contributed by atoms with Crippen LogP contribution in [0.15, 0.2) is 60.0 Å². The molecule has 1 saturated carbocycles. The van der Waals surface area contributed by atoms with Gasteiger partial charge in [-0.25, -0.2) is 4.98 Å². The van der Waals surface area contributed by atoms with Gasteiger partial charge in [0.25, 0.3) is 11.8 Å². The lowest BCUT2D eigenvalue weighted by Crippen LogP contribution is -2.53. The van der Waals surface area contributed by atoms with Crippen LogP contribution >= 0.6 is 11.3 Å². The lowest BCUT2D eigenvalue weighted by atomic mass is 9.90. The molecule has 1 aliphatic carbocycles. The predicted octanol–water partition coefficient (Wildman–Crippen LogP) is 5.21. The molecule has 1 fully saturated rings. The van der Waals surface area contributed by atoms with Crippen molar-refractivity contribution in [1.29, 1.82) is 0 Å². The molecule has 2 amide bonds. The van der Waals surface area contributed by atoms with Crippen LogP contribution in [0.25, 0.3) is 0 Å². The highest BCUT2D eigenvalue weighted by Gasteiger charge is 2.31. The minimum atomic E-state index is -4.46. The fourth-order valence-electron chi connectivity index (χ4n) is 3.92. The fourth-order valence-corrected chi connectivity index (χ4v) is 4.61. The smallest absolute Gasteiger partial charge is 0.416 e. The van der Waals surface area contributed by atoms with Crippen molar-refractivity contribution in [1.82, 2.24) is 15.6 Å². The molecule has 35 heavy (non-hydrogen) atoms. The van der Waals surface area contributed by atoms with Gasteiger partial charge in [0, 0.05) is 23.0 Å². The van der Waals surface area contributed by atoms with Crippen molar-refractivity contribution in [3.63, 3.8) is 0 Å². The number of para-hydroxylation sites is 1. The molecule has 184 valence electrons. The number of amides is 2. The van der Waals surface area contributed by atoms with E-state index in [1.165, 1.54) is 11.3 Å². The molecule has 6 nitrogen and oxygen atoms in total. The van der Waals surface area contributed by atoms with Gasteiger partial charge in [0.15, 0.2) is 0 Å². The average molecular weight is 504 g/mol. The Kier molecular flexibility index (Phi) is 7.70. The van der Waals surface area contributed by atoms with Crippen molar-refractivity contribution >= 4 is 23.2 Å². The van der Waals surface area contributed by atoms with E-state index >= 15 is 0 Å². The number of benzene rings is 2. The molecule has 1 aliphatic rings. The van der Waals surface area contributed by atoms with Crippen molar-refractivity contribution in [2.75, 3.05) is 0 Å². The molecule has 2 aromatic carbocycles. The Morgan fingerprint density at radius 3 is 2.20 bits per heavy atom. The number of aromatic nitrogens is 1. The Bertz CT molecular complexity index is 1150. The van der Waals surface area contributed by atoms with Crippen LogP contribution in [0.1, 0.15) is 57.1 Å². The van der Waals surface area contributed by atoms with E-state index in [-0.39, 0.29) is 35.9 Å². The number of thiazole rings is 1. The minimum absolute atomic E-state index is 0.135. The van der Waals surface area contributed by atoms with E-state index < -0.39 is 17.6 Å². The summed E-state index contributed by atoms with van der Waals surface area (Å²) in [5, 5.41) is 8.16. The van der Waals surface area contributed by atoms with Crippen molar-refractivity contribution < 1.29 is 27.5 Å². The number of rotatable bonds is 7. The molecule has 1 heterocycles. The second-order valence-electron chi connectivity index (χ2n) is 8.25. The molecule has 0 unspecified atom stereocenters. The molecule has 10 heteroatoms. The molecule has 4 rings (SSSR count). The first-order valence-electron chi connectivity index (χ1n) is 11.2. The highest BCUT2D eigenvalue weighted by Crippen LogP contribution is 2.29. The number of hydrogen-bond acceptors (Lipinski definition) is 5. The molecule has 0 radical (unpaired) electrons. The van der Waals surface area contributed by atoms with Crippen molar-refractivity contribution in [3.8, 4) is 5.75 Å². The zero-order valence-electron chi connectivity index (χ0n) is 18.7. The molecule has 2 atom stereocenters. The maximum atomic E-state index is 12.8. The van der Waals surface area contributed by atoms with Gasteiger partial charge in [0.05, 0.1) is 5.56 Å². The van der Waals surface area contributed by atoms with Gasteiger partial charge in [-0.2, -0.15) is 13.2 Å². The summed E-state index contributed by atoms with van der Waals surface area (Å²) >= 11 is 1.32. The van der Waals surface area contributed by atoms with Gasteiger partial charge >= 0.3 is 6.18 Å². The normalized spacial score (nSPS) is 18.0. The van der Waals surface area contributed by atoms with E-state index in [2.05, 4.69) is 15.6 Å². The number of hydrogen-bond donors (Lipinski definition) is 2. The molecular formula is C25H24F3N3O3S. The minimum Gasteiger partial charge on any atom is -0.486 e. The van der Waals surface area contributed by atoms with Crippen LogP contribution in [0.3, 0.4) is 0 Å². The molecule has 0 aliphatic heterocycles. The van der Waals surface area contributed by atoms with Crippen LogP contribution in [-0.2, 0) is 12.8 Å². The maximum Gasteiger partial charge on any atom is 0.416 e. The molecule has 1 aromatic heterocycles. The number of nitrogens with zero attached hydrogens (tertiary/aromatic N) is 1. The number of nitrogens with one attached hydrogen (secondary N) is 2. The second-order valence-corrected chi connectivity index (χ2v) is 9.19. The summed E-state index contributed by atoms with van der Waals surface area (Å²) in [5.74, 6) is -0.102. The topological polar surface area (TPSA) is 80.3 Å². The lowest BCUT2D eigenvalue weighted by molar-refractivity contribution is -0.137. The zero-order chi connectivity index (χ0) is 24.8. The third-order valence-electron chi connectivity index (χ3n) is 5.76. The van der Waals surface area contributed by atoms with E-state index in [9.17, 15) is 22.8 Å². The van der Waals surface area contributed by atoms with E-state index in [1.807, 2.05) is 30.3 Å². The third-order valence-corrected chi connectivity index (χ3v) is 6.59. The molecule has 0 saturated heterocycles. The van der Waals surface area contributed by atoms with Crippen molar-refractivity contribution in [2.45, 2.75) is 50.6 Å². The number of carbonyl (C=O) groups is 2. The summed E-state index contributed by atoms with van der Waals surface area (Å²) < 4.78 is 44.0. The van der Waals surface area contributed by atoms with E-state index in [0.717, 1.165) is 37.1 Å².